The topological polar surface area (TPSA) is 62.8 Å². The average Bonchev–Trinajstić information content (AvgIpc) is 2.75. The predicted octanol–water partition coefficient (Wildman–Crippen LogP) is 3.31. The molecule has 7 heteroatoms. The van der Waals surface area contributed by atoms with Gasteiger partial charge in [0.15, 0.2) is 11.5 Å². The summed E-state index contributed by atoms with van der Waals surface area (Å²) in [5.41, 5.74) is 2.04. The van der Waals surface area contributed by atoms with E-state index >= 15 is 0 Å². The minimum Gasteiger partial charge on any atom is -0.493 e. The van der Waals surface area contributed by atoms with E-state index in [2.05, 4.69) is 15.5 Å². The molecule has 0 atom stereocenters. The summed E-state index contributed by atoms with van der Waals surface area (Å²) < 4.78 is 23.5. The molecule has 2 amide bonds. The average molecular weight is 401 g/mol. The first-order chi connectivity index (χ1) is 14.1. The number of methoxy groups -OCH3 is 2. The van der Waals surface area contributed by atoms with Crippen LogP contribution in [0.5, 0.6) is 11.5 Å². The quantitative estimate of drug-likeness (QED) is 0.747. The molecule has 2 aromatic rings. The molecular weight excluding hydrogens is 373 g/mol. The molecule has 0 saturated carbocycles. The van der Waals surface area contributed by atoms with Gasteiger partial charge in [0.1, 0.15) is 5.82 Å². The van der Waals surface area contributed by atoms with Crippen molar-refractivity contribution in [2.45, 2.75) is 32.0 Å². The zero-order valence-electron chi connectivity index (χ0n) is 16.9. The third-order valence-electron chi connectivity index (χ3n) is 5.14. The standard InChI is InChI=1S/C22H28FN3O3/c1-28-20-8-5-17(13-21(20)29-2)14-24-22(27)25-19-9-11-26(12-10-19)15-16-3-6-18(23)7-4-16/h3-8,13,19H,9-12,14-15H2,1-2H3,(H2,24,25,27). The first-order valence-electron chi connectivity index (χ1n) is 9.79. The second-order valence-corrected chi connectivity index (χ2v) is 7.19. The number of rotatable bonds is 7. The highest BCUT2D eigenvalue weighted by atomic mass is 19.1. The zero-order chi connectivity index (χ0) is 20.6. The molecule has 1 fully saturated rings. The first kappa shape index (κ1) is 20.9. The van der Waals surface area contributed by atoms with Gasteiger partial charge in [-0.1, -0.05) is 18.2 Å². The molecule has 3 rings (SSSR count). The Kier molecular flexibility index (Phi) is 7.30. The lowest BCUT2D eigenvalue weighted by Gasteiger charge is -2.32. The van der Waals surface area contributed by atoms with Gasteiger partial charge in [0.2, 0.25) is 0 Å². The molecule has 2 N–H and O–H groups in total. The van der Waals surface area contributed by atoms with Crippen LogP contribution >= 0.6 is 0 Å². The molecule has 1 heterocycles. The predicted molar refractivity (Wildman–Crippen MR) is 110 cm³/mol. The third-order valence-corrected chi connectivity index (χ3v) is 5.14. The Hall–Kier alpha value is -2.80. The molecule has 1 aliphatic rings. The lowest BCUT2D eigenvalue weighted by Crippen LogP contribution is -2.47. The number of urea groups is 1. The second-order valence-electron chi connectivity index (χ2n) is 7.19. The molecular formula is C22H28FN3O3. The maximum Gasteiger partial charge on any atom is 0.315 e. The summed E-state index contributed by atoms with van der Waals surface area (Å²) in [6.07, 6.45) is 1.79. The van der Waals surface area contributed by atoms with Crippen LogP contribution in [0.25, 0.3) is 0 Å². The van der Waals surface area contributed by atoms with E-state index in [-0.39, 0.29) is 17.9 Å². The van der Waals surface area contributed by atoms with Crippen molar-refractivity contribution in [1.82, 2.24) is 15.5 Å². The van der Waals surface area contributed by atoms with Crippen molar-refractivity contribution in [3.8, 4) is 11.5 Å². The first-order valence-corrected chi connectivity index (χ1v) is 9.79. The van der Waals surface area contributed by atoms with Crippen LogP contribution in [0, 0.1) is 5.82 Å². The summed E-state index contributed by atoms with van der Waals surface area (Å²) in [7, 11) is 3.18. The maximum absolute atomic E-state index is 13.0. The third kappa shape index (κ3) is 6.09. The number of ether oxygens (including phenoxy) is 2. The maximum atomic E-state index is 13.0. The minimum absolute atomic E-state index is 0.157. The van der Waals surface area contributed by atoms with Crippen molar-refractivity contribution in [2.75, 3.05) is 27.3 Å². The summed E-state index contributed by atoms with van der Waals surface area (Å²) in [6, 6.07) is 12.2. The van der Waals surface area contributed by atoms with E-state index < -0.39 is 0 Å². The van der Waals surface area contributed by atoms with Crippen LogP contribution in [-0.4, -0.2) is 44.3 Å². The van der Waals surface area contributed by atoms with Gasteiger partial charge < -0.3 is 20.1 Å². The van der Waals surface area contributed by atoms with Crippen LogP contribution < -0.4 is 20.1 Å². The van der Waals surface area contributed by atoms with Gasteiger partial charge in [-0.15, -0.1) is 0 Å². The van der Waals surface area contributed by atoms with Crippen molar-refractivity contribution in [1.29, 1.82) is 0 Å². The highest BCUT2D eigenvalue weighted by Gasteiger charge is 2.20. The van der Waals surface area contributed by atoms with Gasteiger partial charge in [0, 0.05) is 32.2 Å². The monoisotopic (exact) mass is 401 g/mol. The van der Waals surface area contributed by atoms with Gasteiger partial charge in [-0.25, -0.2) is 9.18 Å². The lowest BCUT2D eigenvalue weighted by atomic mass is 10.0. The van der Waals surface area contributed by atoms with Gasteiger partial charge >= 0.3 is 6.03 Å². The van der Waals surface area contributed by atoms with Gasteiger partial charge in [-0.05, 0) is 48.2 Å². The summed E-state index contributed by atoms with van der Waals surface area (Å²) in [5, 5.41) is 5.95. The summed E-state index contributed by atoms with van der Waals surface area (Å²) in [5.74, 6) is 1.09. The largest absolute Gasteiger partial charge is 0.493 e. The molecule has 1 saturated heterocycles. The fourth-order valence-corrected chi connectivity index (χ4v) is 3.49. The fourth-order valence-electron chi connectivity index (χ4n) is 3.49. The fraction of sp³-hybridized carbons (Fsp3) is 0.409. The normalized spacial score (nSPS) is 15.0. The van der Waals surface area contributed by atoms with Crippen molar-refractivity contribution in [2.24, 2.45) is 0 Å². The molecule has 0 unspecified atom stereocenters. The molecule has 156 valence electrons. The van der Waals surface area contributed by atoms with Gasteiger partial charge in [-0.2, -0.15) is 0 Å². The Morgan fingerprint density at radius 2 is 1.69 bits per heavy atom. The number of amides is 2. The number of carbonyl (C=O) groups is 1. The highest BCUT2D eigenvalue weighted by Crippen LogP contribution is 2.27. The Labute approximate surface area is 171 Å². The van der Waals surface area contributed by atoms with Crippen LogP contribution in [-0.2, 0) is 13.1 Å². The number of nitrogens with one attached hydrogen (secondary N) is 2. The van der Waals surface area contributed by atoms with E-state index in [1.807, 2.05) is 30.3 Å². The molecule has 0 aromatic heterocycles. The van der Waals surface area contributed by atoms with Crippen molar-refractivity contribution in [3.05, 3.63) is 59.4 Å². The number of piperidine rings is 1. The molecule has 0 bridgehead atoms. The number of carbonyl (C=O) groups excluding carboxylic acids is 1. The Morgan fingerprint density at radius 1 is 1.03 bits per heavy atom. The second kappa shape index (κ2) is 10.1. The van der Waals surface area contributed by atoms with Gasteiger partial charge in [0.05, 0.1) is 14.2 Å². The molecule has 0 spiro atoms. The molecule has 1 aliphatic heterocycles. The van der Waals surface area contributed by atoms with E-state index in [9.17, 15) is 9.18 Å². The SMILES string of the molecule is COc1ccc(CNC(=O)NC2CCN(Cc3ccc(F)cc3)CC2)cc1OC. The molecule has 6 nitrogen and oxygen atoms in total. The zero-order valence-corrected chi connectivity index (χ0v) is 16.9. The Balaban J connectivity index is 1.40. The van der Waals surface area contributed by atoms with E-state index in [4.69, 9.17) is 9.47 Å². The molecule has 0 radical (unpaired) electrons. The number of hydrogen-bond acceptors (Lipinski definition) is 4. The Bertz CT molecular complexity index is 805. The van der Waals surface area contributed by atoms with Crippen molar-refractivity contribution >= 4 is 6.03 Å². The highest BCUT2D eigenvalue weighted by molar-refractivity contribution is 5.74. The van der Waals surface area contributed by atoms with Crippen LogP contribution in [0.4, 0.5) is 9.18 Å². The van der Waals surface area contributed by atoms with Gasteiger partial charge in [0.25, 0.3) is 0 Å². The number of nitrogens with zero attached hydrogens (tertiary/aromatic N) is 1. The minimum atomic E-state index is -0.212. The van der Waals surface area contributed by atoms with Crippen LogP contribution in [0.2, 0.25) is 0 Å². The van der Waals surface area contributed by atoms with Crippen LogP contribution in [0.15, 0.2) is 42.5 Å². The lowest BCUT2D eigenvalue weighted by molar-refractivity contribution is 0.186. The number of hydrogen-bond donors (Lipinski definition) is 2. The number of halogens is 1. The summed E-state index contributed by atoms with van der Waals surface area (Å²) in [6.45, 7) is 3.02. The Morgan fingerprint density at radius 3 is 2.34 bits per heavy atom. The van der Waals surface area contributed by atoms with E-state index in [1.54, 1.807) is 14.2 Å². The van der Waals surface area contributed by atoms with Crippen LogP contribution in [0.1, 0.15) is 24.0 Å². The number of benzene rings is 2. The molecule has 29 heavy (non-hydrogen) atoms. The van der Waals surface area contributed by atoms with Gasteiger partial charge in [-0.3, -0.25) is 4.90 Å². The molecule has 0 aliphatic carbocycles. The number of likely N-dealkylation sites (tertiary alicyclic amines) is 1. The van der Waals surface area contributed by atoms with Crippen molar-refractivity contribution < 1.29 is 18.7 Å². The van der Waals surface area contributed by atoms with E-state index in [1.165, 1.54) is 12.1 Å². The summed E-state index contributed by atoms with van der Waals surface area (Å²) in [4.78, 5) is 14.6. The van der Waals surface area contributed by atoms with E-state index in [0.29, 0.717) is 18.0 Å². The van der Waals surface area contributed by atoms with Crippen LogP contribution in [0.3, 0.4) is 0 Å². The smallest absolute Gasteiger partial charge is 0.315 e. The summed E-state index contributed by atoms with van der Waals surface area (Å²) >= 11 is 0. The van der Waals surface area contributed by atoms with Crippen molar-refractivity contribution in [3.63, 3.8) is 0 Å². The molecule has 2 aromatic carbocycles. The van der Waals surface area contributed by atoms with E-state index in [0.717, 1.165) is 43.6 Å².